The Bertz CT molecular complexity index is 366. The molecular weight excluding hydrogens is 343 g/mol. The van der Waals surface area contributed by atoms with Crippen molar-refractivity contribution in [1.82, 2.24) is 4.98 Å². The minimum Gasteiger partial charge on any atom is -0.381 e. The van der Waals surface area contributed by atoms with Crippen LogP contribution in [0.15, 0.2) is 29.4 Å². The molecule has 0 aromatic carbocycles. The Morgan fingerprint density at radius 2 is 2.44 bits per heavy atom. The van der Waals surface area contributed by atoms with Gasteiger partial charge in [-0.05, 0) is 25.0 Å². The zero-order valence-corrected chi connectivity index (χ0v) is 12.5. The molecule has 1 aromatic rings. The average Bonchev–Trinajstić information content (AvgIpc) is 2.39. The van der Waals surface area contributed by atoms with E-state index >= 15 is 0 Å². The predicted molar refractivity (Wildman–Crippen MR) is 83.3 cm³/mol. The van der Waals surface area contributed by atoms with Crippen molar-refractivity contribution in [2.45, 2.75) is 12.8 Å². The van der Waals surface area contributed by atoms with Crippen LogP contribution < -0.4 is 11.1 Å². The van der Waals surface area contributed by atoms with Crippen LogP contribution in [0.3, 0.4) is 0 Å². The normalized spacial score (nSPS) is 20.0. The minimum atomic E-state index is 0. The Balaban J connectivity index is 0.00000162. The zero-order chi connectivity index (χ0) is 11.9. The van der Waals surface area contributed by atoms with Crippen molar-refractivity contribution in [3.05, 3.63) is 24.4 Å². The number of pyridine rings is 1. The van der Waals surface area contributed by atoms with Crippen molar-refractivity contribution < 1.29 is 4.74 Å². The van der Waals surface area contributed by atoms with Crippen LogP contribution in [0.4, 0.5) is 5.82 Å². The Morgan fingerprint density at radius 3 is 3.11 bits per heavy atom. The van der Waals surface area contributed by atoms with Gasteiger partial charge in [0, 0.05) is 25.3 Å². The summed E-state index contributed by atoms with van der Waals surface area (Å²) in [5, 5.41) is 2.96. The summed E-state index contributed by atoms with van der Waals surface area (Å²) in [6, 6.07) is 5.61. The van der Waals surface area contributed by atoms with E-state index in [1.165, 1.54) is 6.42 Å². The number of halogens is 1. The molecule has 3 N–H and O–H groups in total. The van der Waals surface area contributed by atoms with Crippen molar-refractivity contribution in [2.24, 2.45) is 16.6 Å². The van der Waals surface area contributed by atoms with Gasteiger partial charge in [0.15, 0.2) is 5.96 Å². The van der Waals surface area contributed by atoms with E-state index in [0.29, 0.717) is 24.2 Å². The van der Waals surface area contributed by atoms with Crippen molar-refractivity contribution in [3.63, 3.8) is 0 Å². The monoisotopic (exact) mass is 362 g/mol. The van der Waals surface area contributed by atoms with Crippen LogP contribution >= 0.6 is 24.0 Å². The molecule has 2 heterocycles. The van der Waals surface area contributed by atoms with Crippen molar-refractivity contribution in [2.75, 3.05) is 25.1 Å². The van der Waals surface area contributed by atoms with Gasteiger partial charge < -0.3 is 15.8 Å². The minimum absolute atomic E-state index is 0. The molecule has 6 heteroatoms. The van der Waals surface area contributed by atoms with Gasteiger partial charge in [-0.25, -0.2) is 4.98 Å². The van der Waals surface area contributed by atoms with Gasteiger partial charge in [0.1, 0.15) is 5.82 Å². The first-order chi connectivity index (χ1) is 8.34. The maximum Gasteiger partial charge on any atom is 0.194 e. The summed E-state index contributed by atoms with van der Waals surface area (Å²) in [7, 11) is 0. The summed E-state index contributed by atoms with van der Waals surface area (Å²) in [6.45, 7) is 2.38. The van der Waals surface area contributed by atoms with Gasteiger partial charge in [0.25, 0.3) is 0 Å². The second-order valence-electron chi connectivity index (χ2n) is 4.15. The fraction of sp³-hybridized carbons (Fsp3) is 0.500. The molecule has 1 saturated heterocycles. The topological polar surface area (TPSA) is 72.5 Å². The molecule has 5 nitrogen and oxygen atoms in total. The molecule has 1 atom stereocenters. The number of nitrogens with zero attached hydrogens (tertiary/aromatic N) is 2. The number of ether oxygens (including phenoxy) is 1. The third kappa shape index (κ3) is 5.18. The van der Waals surface area contributed by atoms with E-state index in [1.54, 1.807) is 6.20 Å². The number of hydrogen-bond donors (Lipinski definition) is 2. The highest BCUT2D eigenvalue weighted by atomic mass is 127. The number of hydrogen-bond acceptors (Lipinski definition) is 3. The van der Waals surface area contributed by atoms with E-state index in [2.05, 4.69) is 15.3 Å². The van der Waals surface area contributed by atoms with Crippen LogP contribution in [-0.2, 0) is 4.74 Å². The van der Waals surface area contributed by atoms with Gasteiger partial charge >= 0.3 is 0 Å². The third-order valence-corrected chi connectivity index (χ3v) is 2.70. The average molecular weight is 362 g/mol. The molecule has 1 aromatic heterocycles. The number of nitrogens with one attached hydrogen (secondary N) is 1. The van der Waals surface area contributed by atoms with E-state index in [-0.39, 0.29) is 24.0 Å². The largest absolute Gasteiger partial charge is 0.381 e. The van der Waals surface area contributed by atoms with Gasteiger partial charge in [0.2, 0.25) is 0 Å². The molecule has 100 valence electrons. The first-order valence-corrected chi connectivity index (χ1v) is 5.90. The highest BCUT2D eigenvalue weighted by Crippen LogP contribution is 2.13. The first-order valence-electron chi connectivity index (χ1n) is 5.90. The highest BCUT2D eigenvalue weighted by Gasteiger charge is 2.13. The first kappa shape index (κ1) is 15.2. The quantitative estimate of drug-likeness (QED) is 0.489. The Kier molecular flexibility index (Phi) is 6.96. The van der Waals surface area contributed by atoms with E-state index < -0.39 is 0 Å². The molecular formula is C12H19IN4O. The second-order valence-corrected chi connectivity index (χ2v) is 4.15. The molecule has 0 spiro atoms. The molecule has 1 fully saturated rings. The van der Waals surface area contributed by atoms with Crippen LogP contribution in [0.1, 0.15) is 12.8 Å². The molecule has 0 radical (unpaired) electrons. The molecule has 1 unspecified atom stereocenters. The zero-order valence-electron chi connectivity index (χ0n) is 10.2. The number of aliphatic imine (C=N–C) groups is 1. The number of rotatable bonds is 3. The van der Waals surface area contributed by atoms with Crippen LogP contribution in [-0.4, -0.2) is 30.7 Å². The van der Waals surface area contributed by atoms with Gasteiger partial charge in [-0.15, -0.1) is 24.0 Å². The maximum atomic E-state index is 5.78. The summed E-state index contributed by atoms with van der Waals surface area (Å²) in [5.41, 5.74) is 5.78. The number of anilines is 1. The molecule has 2 rings (SSSR count). The summed E-state index contributed by atoms with van der Waals surface area (Å²) in [6.07, 6.45) is 4.00. The van der Waals surface area contributed by atoms with E-state index in [1.807, 2.05) is 18.2 Å². The van der Waals surface area contributed by atoms with Gasteiger partial charge in [0.05, 0.1) is 6.61 Å². The Labute approximate surface area is 124 Å². The molecule has 0 saturated carbocycles. The number of guanidine groups is 1. The smallest absolute Gasteiger partial charge is 0.194 e. The fourth-order valence-electron chi connectivity index (χ4n) is 1.79. The maximum absolute atomic E-state index is 5.78. The highest BCUT2D eigenvalue weighted by molar-refractivity contribution is 14.0. The lowest BCUT2D eigenvalue weighted by Gasteiger charge is -2.20. The van der Waals surface area contributed by atoms with Gasteiger partial charge in [-0.3, -0.25) is 4.99 Å². The summed E-state index contributed by atoms with van der Waals surface area (Å²) >= 11 is 0. The second kappa shape index (κ2) is 8.25. The predicted octanol–water partition coefficient (Wildman–Crippen LogP) is 1.85. The van der Waals surface area contributed by atoms with Crippen molar-refractivity contribution in [1.29, 1.82) is 0 Å². The van der Waals surface area contributed by atoms with E-state index in [4.69, 9.17) is 10.5 Å². The molecule has 1 aliphatic heterocycles. The van der Waals surface area contributed by atoms with Gasteiger partial charge in [-0.2, -0.15) is 0 Å². The van der Waals surface area contributed by atoms with Gasteiger partial charge in [-0.1, -0.05) is 6.07 Å². The summed E-state index contributed by atoms with van der Waals surface area (Å²) < 4.78 is 5.39. The summed E-state index contributed by atoms with van der Waals surface area (Å²) in [5.74, 6) is 1.62. The molecule has 0 amide bonds. The lowest BCUT2D eigenvalue weighted by Crippen LogP contribution is -2.26. The van der Waals surface area contributed by atoms with E-state index in [0.717, 1.165) is 19.6 Å². The van der Waals surface area contributed by atoms with Crippen LogP contribution in [0.25, 0.3) is 0 Å². The van der Waals surface area contributed by atoms with Crippen LogP contribution in [0, 0.1) is 5.92 Å². The van der Waals surface area contributed by atoms with E-state index in [9.17, 15) is 0 Å². The molecule has 0 bridgehead atoms. The SMILES string of the molecule is I.NC(=NCC1CCCOC1)Nc1ccccn1. The Hall–Kier alpha value is -0.890. The molecule has 0 aliphatic carbocycles. The van der Waals surface area contributed by atoms with Crippen LogP contribution in [0.5, 0.6) is 0 Å². The molecule has 18 heavy (non-hydrogen) atoms. The number of nitrogens with two attached hydrogens (primary N) is 1. The molecule has 1 aliphatic rings. The third-order valence-electron chi connectivity index (χ3n) is 2.70. The number of aromatic nitrogens is 1. The standard InChI is InChI=1S/C12H18N4O.HI/c13-12(16-11-5-1-2-6-14-11)15-8-10-4-3-7-17-9-10;/h1-2,5-6,10H,3-4,7-9H2,(H3,13,14,15,16);1H. The lowest BCUT2D eigenvalue weighted by atomic mass is 10.0. The van der Waals surface area contributed by atoms with Crippen molar-refractivity contribution >= 4 is 35.8 Å². The van der Waals surface area contributed by atoms with Crippen molar-refractivity contribution in [3.8, 4) is 0 Å². The Morgan fingerprint density at radius 1 is 1.56 bits per heavy atom. The van der Waals surface area contributed by atoms with Crippen LogP contribution in [0.2, 0.25) is 0 Å². The lowest BCUT2D eigenvalue weighted by molar-refractivity contribution is 0.0582. The fourth-order valence-corrected chi connectivity index (χ4v) is 1.79. The summed E-state index contributed by atoms with van der Waals surface area (Å²) in [4.78, 5) is 8.42.